The highest BCUT2D eigenvalue weighted by Crippen LogP contribution is 2.43. The molecule has 2 aliphatic rings. The summed E-state index contributed by atoms with van der Waals surface area (Å²) in [6, 6.07) is 20.4. The van der Waals surface area contributed by atoms with E-state index in [1.54, 1.807) is 0 Å². The maximum Gasteiger partial charge on any atom is 0.184 e. The number of benzene rings is 2. The average molecular weight is 489 g/mol. The molecule has 2 saturated heterocycles. The van der Waals surface area contributed by atoms with E-state index in [1.165, 1.54) is 25.7 Å². The smallest absolute Gasteiger partial charge is 0.184 e. The first-order valence-corrected chi connectivity index (χ1v) is 14.3. The van der Waals surface area contributed by atoms with Gasteiger partial charge in [0.05, 0.1) is 11.2 Å². The SMILES string of the molecule is CCCCSC(SCCCC)[C@@H]1O[C@H](c2ccccc2)O[C@@H]2CO[C@H](c3ccccc3)O[C@H]21. The van der Waals surface area contributed by atoms with Crippen molar-refractivity contribution in [1.82, 2.24) is 0 Å². The normalized spacial score (nSPS) is 27.4. The van der Waals surface area contributed by atoms with E-state index in [0.29, 0.717) is 11.2 Å². The summed E-state index contributed by atoms with van der Waals surface area (Å²) >= 11 is 4.03. The van der Waals surface area contributed by atoms with E-state index >= 15 is 0 Å². The Kier molecular flexibility index (Phi) is 10.0. The highest BCUT2D eigenvalue weighted by Gasteiger charge is 2.48. The van der Waals surface area contributed by atoms with Crippen LogP contribution in [0.2, 0.25) is 0 Å². The standard InChI is InChI=1S/C27H36O4S2/c1-3-5-17-32-27(33-18-6-4-2)24-23-22(29-26(31-24)21-15-11-8-12-16-21)19-28-25(30-23)20-13-9-7-10-14-20/h7-16,22-27H,3-6,17-19H2,1-2H3/t22-,23-,24-,25+,26-/m1/s1. The van der Waals surface area contributed by atoms with Gasteiger partial charge in [0.25, 0.3) is 0 Å². The molecule has 0 saturated carbocycles. The Morgan fingerprint density at radius 3 is 1.91 bits per heavy atom. The Bertz CT molecular complexity index is 796. The van der Waals surface area contributed by atoms with Gasteiger partial charge in [0.15, 0.2) is 12.6 Å². The van der Waals surface area contributed by atoms with Crippen molar-refractivity contribution in [3.05, 3.63) is 71.8 Å². The fraction of sp³-hybridized carbons (Fsp3) is 0.556. The molecule has 2 aliphatic heterocycles. The number of hydrogen-bond acceptors (Lipinski definition) is 6. The monoisotopic (exact) mass is 488 g/mol. The van der Waals surface area contributed by atoms with Crippen LogP contribution in [-0.4, -0.2) is 41.0 Å². The van der Waals surface area contributed by atoms with Crippen LogP contribution in [0, 0.1) is 0 Å². The maximum absolute atomic E-state index is 6.71. The number of thioether (sulfide) groups is 2. The number of ether oxygens (including phenoxy) is 4. The van der Waals surface area contributed by atoms with Gasteiger partial charge >= 0.3 is 0 Å². The van der Waals surface area contributed by atoms with E-state index in [0.717, 1.165) is 22.6 Å². The Morgan fingerprint density at radius 1 is 0.758 bits per heavy atom. The quantitative estimate of drug-likeness (QED) is 0.251. The van der Waals surface area contributed by atoms with Gasteiger partial charge in [-0.3, -0.25) is 0 Å². The van der Waals surface area contributed by atoms with E-state index in [1.807, 2.05) is 59.9 Å². The highest BCUT2D eigenvalue weighted by atomic mass is 32.2. The van der Waals surface area contributed by atoms with Crippen LogP contribution in [0.4, 0.5) is 0 Å². The fourth-order valence-corrected chi connectivity index (χ4v) is 7.22. The molecule has 5 atom stereocenters. The Balaban J connectivity index is 1.57. The summed E-state index contributed by atoms with van der Waals surface area (Å²) in [4.78, 5) is 0. The first-order chi connectivity index (χ1) is 16.3. The average Bonchev–Trinajstić information content (AvgIpc) is 2.88. The summed E-state index contributed by atoms with van der Waals surface area (Å²) in [5.74, 6) is 2.26. The molecule has 6 heteroatoms. The summed E-state index contributed by atoms with van der Waals surface area (Å²) in [7, 11) is 0. The zero-order valence-electron chi connectivity index (χ0n) is 19.6. The zero-order valence-corrected chi connectivity index (χ0v) is 21.3. The third-order valence-corrected chi connectivity index (χ3v) is 8.99. The number of fused-ring (bicyclic) bond motifs is 1. The van der Waals surface area contributed by atoms with Crippen LogP contribution in [0.1, 0.15) is 63.2 Å². The van der Waals surface area contributed by atoms with E-state index in [4.69, 9.17) is 18.9 Å². The zero-order chi connectivity index (χ0) is 22.9. The molecule has 4 nitrogen and oxygen atoms in total. The van der Waals surface area contributed by atoms with Gasteiger partial charge in [-0.25, -0.2) is 0 Å². The number of hydrogen-bond donors (Lipinski definition) is 0. The molecule has 2 heterocycles. The molecule has 0 N–H and O–H groups in total. The Labute approximate surface area is 207 Å². The lowest BCUT2D eigenvalue weighted by Gasteiger charge is -2.48. The lowest BCUT2D eigenvalue weighted by molar-refractivity contribution is -0.361. The van der Waals surface area contributed by atoms with Gasteiger partial charge in [-0.15, -0.1) is 23.5 Å². The molecule has 2 aromatic rings. The predicted molar refractivity (Wildman–Crippen MR) is 137 cm³/mol. The lowest BCUT2D eigenvalue weighted by atomic mass is 10.0. The first kappa shape index (κ1) is 25.1. The van der Waals surface area contributed by atoms with Crippen LogP contribution in [0.25, 0.3) is 0 Å². The Hall–Kier alpha value is -1.02. The molecule has 4 rings (SSSR count). The fourth-order valence-electron chi connectivity index (χ4n) is 4.06. The molecule has 0 radical (unpaired) electrons. The van der Waals surface area contributed by atoms with Crippen molar-refractivity contribution in [1.29, 1.82) is 0 Å². The van der Waals surface area contributed by atoms with Crippen molar-refractivity contribution in [3.8, 4) is 0 Å². The predicted octanol–water partition coefficient (Wildman–Crippen LogP) is 6.98. The summed E-state index contributed by atoms with van der Waals surface area (Å²) in [6.45, 7) is 5.00. The van der Waals surface area contributed by atoms with Crippen LogP contribution in [0.15, 0.2) is 60.7 Å². The van der Waals surface area contributed by atoms with Crippen LogP contribution in [0.5, 0.6) is 0 Å². The van der Waals surface area contributed by atoms with Crippen molar-refractivity contribution < 1.29 is 18.9 Å². The van der Waals surface area contributed by atoms with E-state index in [9.17, 15) is 0 Å². The molecule has 0 spiro atoms. The molecule has 0 amide bonds. The minimum Gasteiger partial charge on any atom is -0.346 e. The minimum atomic E-state index is -0.404. The summed E-state index contributed by atoms with van der Waals surface area (Å²) < 4.78 is 26.1. The molecule has 2 fully saturated rings. The van der Waals surface area contributed by atoms with Gasteiger partial charge in [-0.1, -0.05) is 87.4 Å². The van der Waals surface area contributed by atoms with Gasteiger partial charge in [0, 0.05) is 11.1 Å². The second-order valence-corrected chi connectivity index (χ2v) is 11.3. The number of unbranched alkanes of at least 4 members (excludes halogenated alkanes) is 2. The molecular weight excluding hydrogens is 452 g/mol. The highest BCUT2D eigenvalue weighted by molar-refractivity contribution is 8.17. The second-order valence-electron chi connectivity index (χ2n) is 8.51. The van der Waals surface area contributed by atoms with Crippen molar-refractivity contribution in [2.45, 2.75) is 75.0 Å². The van der Waals surface area contributed by atoms with Gasteiger partial charge in [-0.05, 0) is 24.3 Å². The van der Waals surface area contributed by atoms with E-state index < -0.39 is 12.6 Å². The maximum atomic E-state index is 6.71. The van der Waals surface area contributed by atoms with Crippen LogP contribution in [-0.2, 0) is 18.9 Å². The molecule has 0 unspecified atom stereocenters. The largest absolute Gasteiger partial charge is 0.346 e. The first-order valence-electron chi connectivity index (χ1n) is 12.2. The molecule has 33 heavy (non-hydrogen) atoms. The molecule has 0 bridgehead atoms. The van der Waals surface area contributed by atoms with Crippen LogP contribution >= 0.6 is 23.5 Å². The molecule has 180 valence electrons. The lowest BCUT2D eigenvalue weighted by Crippen LogP contribution is -2.56. The summed E-state index contributed by atoms with van der Waals surface area (Å²) in [6.07, 6.45) is 3.63. The molecule has 0 aromatic heterocycles. The van der Waals surface area contributed by atoms with Crippen LogP contribution < -0.4 is 0 Å². The summed E-state index contributed by atoms with van der Waals surface area (Å²) in [5.41, 5.74) is 2.08. The Morgan fingerprint density at radius 2 is 1.33 bits per heavy atom. The van der Waals surface area contributed by atoms with Gasteiger partial charge < -0.3 is 18.9 Å². The van der Waals surface area contributed by atoms with Crippen molar-refractivity contribution in [2.75, 3.05) is 18.1 Å². The van der Waals surface area contributed by atoms with Crippen molar-refractivity contribution in [3.63, 3.8) is 0 Å². The third-order valence-electron chi connectivity index (χ3n) is 5.93. The van der Waals surface area contributed by atoms with Crippen molar-refractivity contribution >= 4 is 23.5 Å². The third kappa shape index (κ3) is 6.77. The second kappa shape index (κ2) is 13.2. The van der Waals surface area contributed by atoms with Crippen molar-refractivity contribution in [2.24, 2.45) is 0 Å². The van der Waals surface area contributed by atoms with Gasteiger partial charge in [0.2, 0.25) is 0 Å². The summed E-state index contributed by atoms with van der Waals surface area (Å²) in [5, 5.41) is 0. The van der Waals surface area contributed by atoms with Crippen LogP contribution in [0.3, 0.4) is 0 Å². The van der Waals surface area contributed by atoms with Gasteiger partial charge in [0.1, 0.15) is 18.3 Å². The van der Waals surface area contributed by atoms with Gasteiger partial charge in [-0.2, -0.15) is 0 Å². The molecule has 0 aliphatic carbocycles. The molecular formula is C27H36O4S2. The minimum absolute atomic E-state index is 0.0761. The topological polar surface area (TPSA) is 36.9 Å². The molecule has 2 aromatic carbocycles. The number of rotatable bonds is 11. The van der Waals surface area contributed by atoms with E-state index in [-0.39, 0.29) is 18.3 Å². The van der Waals surface area contributed by atoms with E-state index in [2.05, 4.69) is 38.1 Å².